The predicted molar refractivity (Wildman–Crippen MR) is 63.4 cm³/mol. The first kappa shape index (κ1) is 14.3. The summed E-state index contributed by atoms with van der Waals surface area (Å²) < 4.78 is 37.1. The molecule has 0 spiro atoms. The summed E-state index contributed by atoms with van der Waals surface area (Å²) in [5.74, 6) is 0. The summed E-state index contributed by atoms with van der Waals surface area (Å²) >= 11 is 0. The molecule has 106 valence electrons. The second-order valence-corrected chi connectivity index (χ2v) is 4.87. The van der Waals surface area contributed by atoms with Crippen LogP contribution in [0.25, 0.3) is 0 Å². The number of hydrogen-bond donors (Lipinski definition) is 3. The highest BCUT2D eigenvalue weighted by Gasteiger charge is 2.30. The Balaban J connectivity index is 1.87. The quantitative estimate of drug-likeness (QED) is 0.786. The van der Waals surface area contributed by atoms with E-state index in [2.05, 4.69) is 5.32 Å². The normalized spacial score (nSPS) is 24.9. The van der Waals surface area contributed by atoms with Gasteiger partial charge in [-0.1, -0.05) is 12.1 Å². The summed E-state index contributed by atoms with van der Waals surface area (Å²) in [7, 11) is 0. The smallest absolute Gasteiger partial charge is 0.393 e. The standard InChI is InChI=1S/C13H16F3NO2/c14-13(15,16)9-3-1-8(2-4-9)12(19)7-17-10-5-11(18)6-10/h1-4,10-12,17-19H,5-7H2. The molecular weight excluding hydrogens is 259 g/mol. The van der Waals surface area contributed by atoms with Crippen molar-refractivity contribution >= 4 is 0 Å². The van der Waals surface area contributed by atoms with Crippen molar-refractivity contribution in [3.63, 3.8) is 0 Å². The maximum absolute atomic E-state index is 12.4. The number of aliphatic hydroxyl groups excluding tert-OH is 2. The van der Waals surface area contributed by atoms with Crippen molar-refractivity contribution in [3.05, 3.63) is 35.4 Å². The van der Waals surface area contributed by atoms with Gasteiger partial charge in [-0.3, -0.25) is 0 Å². The molecule has 1 aliphatic rings. The van der Waals surface area contributed by atoms with Crippen LogP contribution >= 0.6 is 0 Å². The van der Waals surface area contributed by atoms with Crippen LogP contribution in [-0.4, -0.2) is 28.9 Å². The van der Waals surface area contributed by atoms with Gasteiger partial charge in [-0.15, -0.1) is 0 Å². The molecule has 0 radical (unpaired) electrons. The second kappa shape index (κ2) is 5.48. The van der Waals surface area contributed by atoms with Crippen LogP contribution in [0.3, 0.4) is 0 Å². The molecule has 0 aliphatic heterocycles. The summed E-state index contributed by atoms with van der Waals surface area (Å²) in [5, 5.41) is 22.0. The fraction of sp³-hybridized carbons (Fsp3) is 0.538. The lowest BCUT2D eigenvalue weighted by atomic mass is 9.89. The molecule has 19 heavy (non-hydrogen) atoms. The summed E-state index contributed by atoms with van der Waals surface area (Å²) in [5.41, 5.74) is -0.279. The monoisotopic (exact) mass is 275 g/mol. The lowest BCUT2D eigenvalue weighted by Gasteiger charge is -2.32. The third-order valence-electron chi connectivity index (χ3n) is 3.34. The molecular formula is C13H16F3NO2. The average molecular weight is 275 g/mol. The molecule has 1 unspecified atom stereocenters. The molecule has 0 heterocycles. The van der Waals surface area contributed by atoms with E-state index in [4.69, 9.17) is 5.11 Å². The highest BCUT2D eigenvalue weighted by Crippen LogP contribution is 2.30. The van der Waals surface area contributed by atoms with Crippen LogP contribution in [0, 0.1) is 0 Å². The minimum absolute atomic E-state index is 0.180. The molecule has 0 amide bonds. The van der Waals surface area contributed by atoms with Crippen LogP contribution in [0.15, 0.2) is 24.3 Å². The molecule has 2 rings (SSSR count). The van der Waals surface area contributed by atoms with Crippen molar-refractivity contribution in [3.8, 4) is 0 Å². The van der Waals surface area contributed by atoms with E-state index in [1.54, 1.807) is 0 Å². The minimum Gasteiger partial charge on any atom is -0.393 e. The van der Waals surface area contributed by atoms with Crippen molar-refractivity contribution in [2.75, 3.05) is 6.54 Å². The number of halogens is 3. The van der Waals surface area contributed by atoms with E-state index in [1.165, 1.54) is 12.1 Å². The van der Waals surface area contributed by atoms with Crippen LogP contribution < -0.4 is 5.32 Å². The summed E-state index contributed by atoms with van der Waals surface area (Å²) in [6, 6.07) is 4.67. The SMILES string of the molecule is OC1CC(NCC(O)c2ccc(C(F)(F)F)cc2)C1. The first-order valence-electron chi connectivity index (χ1n) is 6.13. The van der Waals surface area contributed by atoms with Gasteiger partial charge in [0.05, 0.1) is 17.8 Å². The van der Waals surface area contributed by atoms with Gasteiger partial charge in [0.1, 0.15) is 0 Å². The Morgan fingerprint density at radius 2 is 1.79 bits per heavy atom. The third kappa shape index (κ3) is 3.68. The number of alkyl halides is 3. The molecule has 1 saturated carbocycles. The number of aliphatic hydroxyl groups is 2. The molecule has 3 N–H and O–H groups in total. The zero-order valence-corrected chi connectivity index (χ0v) is 10.2. The van der Waals surface area contributed by atoms with E-state index in [9.17, 15) is 18.3 Å². The maximum atomic E-state index is 12.4. The maximum Gasteiger partial charge on any atom is 0.416 e. The van der Waals surface area contributed by atoms with Crippen LogP contribution in [0.1, 0.15) is 30.1 Å². The molecule has 1 fully saturated rings. The topological polar surface area (TPSA) is 52.5 Å². The highest BCUT2D eigenvalue weighted by atomic mass is 19.4. The Bertz CT molecular complexity index is 413. The van der Waals surface area contributed by atoms with Crippen molar-refractivity contribution in [1.29, 1.82) is 0 Å². The minimum atomic E-state index is -4.36. The zero-order valence-electron chi connectivity index (χ0n) is 10.2. The van der Waals surface area contributed by atoms with Gasteiger partial charge in [-0.25, -0.2) is 0 Å². The lowest BCUT2D eigenvalue weighted by molar-refractivity contribution is -0.137. The number of nitrogens with one attached hydrogen (secondary N) is 1. The van der Waals surface area contributed by atoms with E-state index < -0.39 is 17.8 Å². The zero-order chi connectivity index (χ0) is 14.0. The van der Waals surface area contributed by atoms with Crippen LogP contribution in [0.2, 0.25) is 0 Å². The van der Waals surface area contributed by atoms with E-state index in [-0.39, 0.29) is 18.7 Å². The molecule has 3 nitrogen and oxygen atoms in total. The van der Waals surface area contributed by atoms with Crippen molar-refractivity contribution in [2.24, 2.45) is 0 Å². The molecule has 0 bridgehead atoms. The number of hydrogen-bond acceptors (Lipinski definition) is 3. The van der Waals surface area contributed by atoms with Crippen LogP contribution in [0.5, 0.6) is 0 Å². The van der Waals surface area contributed by atoms with Gasteiger partial charge in [0.25, 0.3) is 0 Å². The van der Waals surface area contributed by atoms with Gasteiger partial charge in [-0.2, -0.15) is 13.2 Å². The Kier molecular flexibility index (Phi) is 4.13. The molecule has 1 aromatic carbocycles. The van der Waals surface area contributed by atoms with Crippen molar-refractivity contribution in [1.82, 2.24) is 5.32 Å². The van der Waals surface area contributed by atoms with E-state index >= 15 is 0 Å². The second-order valence-electron chi connectivity index (χ2n) is 4.87. The summed E-state index contributed by atoms with van der Waals surface area (Å²) in [6.45, 7) is 0.267. The Morgan fingerprint density at radius 3 is 2.26 bits per heavy atom. The molecule has 1 aliphatic carbocycles. The van der Waals surface area contributed by atoms with Crippen LogP contribution in [0.4, 0.5) is 13.2 Å². The fourth-order valence-corrected chi connectivity index (χ4v) is 2.04. The van der Waals surface area contributed by atoms with Gasteiger partial charge in [0.2, 0.25) is 0 Å². The summed E-state index contributed by atoms with van der Waals surface area (Å²) in [6.07, 6.45) is -4.18. The lowest BCUT2D eigenvalue weighted by Crippen LogP contribution is -2.45. The van der Waals surface area contributed by atoms with Gasteiger partial charge in [0.15, 0.2) is 0 Å². The van der Waals surface area contributed by atoms with Gasteiger partial charge >= 0.3 is 6.18 Å². The molecule has 1 atom stereocenters. The first-order valence-corrected chi connectivity index (χ1v) is 6.13. The fourth-order valence-electron chi connectivity index (χ4n) is 2.04. The van der Waals surface area contributed by atoms with E-state index in [0.717, 1.165) is 12.1 Å². The molecule has 0 aromatic heterocycles. The average Bonchev–Trinajstić information content (AvgIpc) is 2.32. The molecule has 1 aromatic rings. The Labute approximate surface area is 109 Å². The van der Waals surface area contributed by atoms with Crippen LogP contribution in [-0.2, 0) is 6.18 Å². The van der Waals surface area contributed by atoms with E-state index in [1.807, 2.05) is 0 Å². The first-order chi connectivity index (χ1) is 8.86. The molecule has 6 heteroatoms. The van der Waals surface area contributed by atoms with Gasteiger partial charge < -0.3 is 15.5 Å². The van der Waals surface area contributed by atoms with Crippen molar-refractivity contribution in [2.45, 2.75) is 37.3 Å². The number of benzene rings is 1. The molecule has 0 saturated heterocycles. The Morgan fingerprint density at radius 1 is 1.21 bits per heavy atom. The third-order valence-corrected chi connectivity index (χ3v) is 3.34. The number of rotatable bonds is 4. The largest absolute Gasteiger partial charge is 0.416 e. The predicted octanol–water partition coefficient (Wildman–Crippen LogP) is 1.85. The van der Waals surface area contributed by atoms with Gasteiger partial charge in [0, 0.05) is 12.6 Å². The van der Waals surface area contributed by atoms with Gasteiger partial charge in [-0.05, 0) is 30.5 Å². The summed E-state index contributed by atoms with van der Waals surface area (Å²) in [4.78, 5) is 0. The Hall–Kier alpha value is -1.11. The van der Waals surface area contributed by atoms with Crippen molar-refractivity contribution < 1.29 is 23.4 Å². The van der Waals surface area contributed by atoms with E-state index in [0.29, 0.717) is 18.4 Å². The highest BCUT2D eigenvalue weighted by molar-refractivity contribution is 5.26.